The van der Waals surface area contributed by atoms with Gasteiger partial charge in [-0.15, -0.1) is 0 Å². The maximum absolute atomic E-state index is 11.5. The van der Waals surface area contributed by atoms with Gasteiger partial charge in [-0.25, -0.2) is 0 Å². The number of benzene rings is 2. The zero-order chi connectivity index (χ0) is 14.7. The summed E-state index contributed by atoms with van der Waals surface area (Å²) in [6, 6.07) is 18.4. The SMILES string of the molecule is CCC1C(=O)CC1c1ccc(OCc2ccccc2)cc1. The third kappa shape index (κ3) is 2.99. The van der Waals surface area contributed by atoms with E-state index in [1.807, 2.05) is 30.3 Å². The van der Waals surface area contributed by atoms with Gasteiger partial charge in [-0.3, -0.25) is 4.79 Å². The van der Waals surface area contributed by atoms with Crippen LogP contribution in [0.25, 0.3) is 0 Å². The number of rotatable bonds is 5. The van der Waals surface area contributed by atoms with E-state index in [4.69, 9.17) is 4.74 Å². The van der Waals surface area contributed by atoms with Crippen molar-refractivity contribution in [3.05, 3.63) is 65.7 Å². The number of hydrogen-bond donors (Lipinski definition) is 0. The van der Waals surface area contributed by atoms with Crippen LogP contribution in [0, 0.1) is 5.92 Å². The van der Waals surface area contributed by atoms with Crippen LogP contribution in [0.15, 0.2) is 54.6 Å². The maximum Gasteiger partial charge on any atom is 0.137 e. The molecule has 2 nitrogen and oxygen atoms in total. The standard InChI is InChI=1S/C19H20O2/c1-2-17-18(12-19(17)20)15-8-10-16(11-9-15)21-13-14-6-4-3-5-7-14/h3-11,17-18H,2,12-13H2,1H3. The fraction of sp³-hybridized carbons (Fsp3) is 0.316. The molecule has 21 heavy (non-hydrogen) atoms. The normalized spacial score (nSPS) is 20.9. The van der Waals surface area contributed by atoms with Crippen LogP contribution in [-0.2, 0) is 11.4 Å². The molecule has 0 aromatic heterocycles. The Morgan fingerprint density at radius 1 is 1.05 bits per heavy atom. The minimum atomic E-state index is 0.223. The van der Waals surface area contributed by atoms with Crippen molar-refractivity contribution < 1.29 is 9.53 Å². The monoisotopic (exact) mass is 280 g/mol. The van der Waals surface area contributed by atoms with E-state index in [-0.39, 0.29) is 5.92 Å². The van der Waals surface area contributed by atoms with Crippen molar-refractivity contribution in [2.24, 2.45) is 5.92 Å². The van der Waals surface area contributed by atoms with Crippen LogP contribution >= 0.6 is 0 Å². The van der Waals surface area contributed by atoms with Crippen LogP contribution in [0.2, 0.25) is 0 Å². The molecule has 1 saturated carbocycles. The topological polar surface area (TPSA) is 26.3 Å². The summed E-state index contributed by atoms with van der Waals surface area (Å²) >= 11 is 0. The highest BCUT2D eigenvalue weighted by Gasteiger charge is 2.38. The summed E-state index contributed by atoms with van der Waals surface area (Å²) < 4.78 is 5.79. The lowest BCUT2D eigenvalue weighted by Crippen LogP contribution is -2.34. The summed E-state index contributed by atoms with van der Waals surface area (Å²) in [5, 5.41) is 0. The van der Waals surface area contributed by atoms with Gasteiger partial charge in [0.2, 0.25) is 0 Å². The first-order chi connectivity index (χ1) is 10.3. The zero-order valence-electron chi connectivity index (χ0n) is 12.3. The number of ether oxygens (including phenoxy) is 1. The predicted molar refractivity (Wildman–Crippen MR) is 83.4 cm³/mol. The van der Waals surface area contributed by atoms with Gasteiger partial charge in [0.1, 0.15) is 18.1 Å². The number of ketones is 1. The van der Waals surface area contributed by atoms with E-state index in [1.54, 1.807) is 0 Å². The molecular formula is C19H20O2. The molecule has 2 heteroatoms. The van der Waals surface area contributed by atoms with Gasteiger partial charge >= 0.3 is 0 Å². The van der Waals surface area contributed by atoms with Gasteiger partial charge in [0.25, 0.3) is 0 Å². The summed E-state index contributed by atoms with van der Waals surface area (Å²) in [6.07, 6.45) is 1.64. The molecule has 1 aliphatic carbocycles. The molecule has 3 rings (SSSR count). The summed E-state index contributed by atoms with van der Waals surface area (Å²) in [6.45, 7) is 2.67. The van der Waals surface area contributed by atoms with Crippen LogP contribution in [0.3, 0.4) is 0 Å². The Hall–Kier alpha value is -2.09. The van der Waals surface area contributed by atoms with Gasteiger partial charge in [0.15, 0.2) is 0 Å². The molecule has 0 bridgehead atoms. The van der Waals surface area contributed by atoms with Crippen molar-refractivity contribution in [1.29, 1.82) is 0 Å². The first-order valence-electron chi connectivity index (χ1n) is 7.57. The molecular weight excluding hydrogens is 260 g/mol. The zero-order valence-corrected chi connectivity index (χ0v) is 12.3. The molecule has 0 spiro atoms. The van der Waals surface area contributed by atoms with Gasteiger partial charge in [0, 0.05) is 18.3 Å². The van der Waals surface area contributed by atoms with Gasteiger partial charge in [-0.05, 0) is 29.7 Å². The number of Topliss-reactive ketones (excluding diaryl/α,β-unsaturated/α-hetero) is 1. The lowest BCUT2D eigenvalue weighted by Gasteiger charge is -2.34. The second-order valence-corrected chi connectivity index (χ2v) is 5.63. The minimum absolute atomic E-state index is 0.223. The Kier molecular flexibility index (Phi) is 4.05. The number of hydrogen-bond acceptors (Lipinski definition) is 2. The second-order valence-electron chi connectivity index (χ2n) is 5.63. The number of carbonyl (C=O) groups excluding carboxylic acids is 1. The van der Waals surface area contributed by atoms with E-state index in [0.717, 1.165) is 17.7 Å². The van der Waals surface area contributed by atoms with Crippen LogP contribution < -0.4 is 4.74 Å². The van der Waals surface area contributed by atoms with E-state index in [0.29, 0.717) is 24.7 Å². The summed E-state index contributed by atoms with van der Waals surface area (Å²) in [5.41, 5.74) is 2.42. The average molecular weight is 280 g/mol. The lowest BCUT2D eigenvalue weighted by atomic mass is 9.68. The highest BCUT2D eigenvalue weighted by Crippen LogP contribution is 2.41. The molecule has 0 N–H and O–H groups in total. The van der Waals surface area contributed by atoms with Crippen molar-refractivity contribution in [2.45, 2.75) is 32.3 Å². The Balaban J connectivity index is 1.61. The Labute approximate surface area is 125 Å². The van der Waals surface area contributed by atoms with Crippen molar-refractivity contribution in [3.8, 4) is 5.75 Å². The molecule has 108 valence electrons. The van der Waals surface area contributed by atoms with E-state index < -0.39 is 0 Å². The fourth-order valence-electron chi connectivity index (χ4n) is 2.99. The fourth-order valence-corrected chi connectivity index (χ4v) is 2.99. The molecule has 2 unspecified atom stereocenters. The summed E-state index contributed by atoms with van der Waals surface area (Å²) in [5.74, 6) is 1.92. The minimum Gasteiger partial charge on any atom is -0.489 e. The second kappa shape index (κ2) is 6.13. The highest BCUT2D eigenvalue weighted by atomic mass is 16.5. The predicted octanol–water partition coefficient (Wildman–Crippen LogP) is 4.35. The van der Waals surface area contributed by atoms with Crippen molar-refractivity contribution >= 4 is 5.78 Å². The average Bonchev–Trinajstić information content (AvgIpc) is 2.52. The first kappa shape index (κ1) is 13.9. The smallest absolute Gasteiger partial charge is 0.137 e. The first-order valence-corrected chi connectivity index (χ1v) is 7.57. The molecule has 1 fully saturated rings. The molecule has 2 atom stereocenters. The van der Waals surface area contributed by atoms with Crippen molar-refractivity contribution in [1.82, 2.24) is 0 Å². The third-order valence-corrected chi connectivity index (χ3v) is 4.32. The summed E-state index contributed by atoms with van der Waals surface area (Å²) in [4.78, 5) is 11.5. The number of carbonyl (C=O) groups is 1. The summed E-state index contributed by atoms with van der Waals surface area (Å²) in [7, 11) is 0. The van der Waals surface area contributed by atoms with E-state index in [2.05, 4.69) is 31.2 Å². The van der Waals surface area contributed by atoms with Gasteiger partial charge in [-0.1, -0.05) is 49.4 Å². The van der Waals surface area contributed by atoms with E-state index in [1.165, 1.54) is 5.56 Å². The lowest BCUT2D eigenvalue weighted by molar-refractivity contribution is -0.131. The molecule has 2 aromatic carbocycles. The molecule has 2 aromatic rings. The maximum atomic E-state index is 11.5. The molecule has 0 heterocycles. The van der Waals surface area contributed by atoms with Gasteiger partial charge < -0.3 is 4.74 Å². The van der Waals surface area contributed by atoms with E-state index >= 15 is 0 Å². The van der Waals surface area contributed by atoms with Crippen LogP contribution in [0.5, 0.6) is 5.75 Å². The molecule has 0 saturated heterocycles. The Morgan fingerprint density at radius 2 is 1.76 bits per heavy atom. The third-order valence-electron chi connectivity index (χ3n) is 4.32. The molecule has 1 aliphatic rings. The van der Waals surface area contributed by atoms with Gasteiger partial charge in [-0.2, -0.15) is 0 Å². The quantitative estimate of drug-likeness (QED) is 0.814. The Bertz CT molecular complexity index is 601. The largest absolute Gasteiger partial charge is 0.489 e. The van der Waals surface area contributed by atoms with Crippen LogP contribution in [0.1, 0.15) is 36.8 Å². The molecule has 0 radical (unpaired) electrons. The van der Waals surface area contributed by atoms with E-state index in [9.17, 15) is 4.79 Å². The molecule has 0 amide bonds. The van der Waals surface area contributed by atoms with Crippen molar-refractivity contribution in [2.75, 3.05) is 0 Å². The highest BCUT2D eigenvalue weighted by molar-refractivity contribution is 5.89. The van der Waals surface area contributed by atoms with Gasteiger partial charge in [0.05, 0.1) is 0 Å². The Morgan fingerprint density at radius 3 is 2.38 bits per heavy atom. The van der Waals surface area contributed by atoms with Crippen LogP contribution in [0.4, 0.5) is 0 Å². The van der Waals surface area contributed by atoms with Crippen LogP contribution in [-0.4, -0.2) is 5.78 Å². The van der Waals surface area contributed by atoms with Crippen molar-refractivity contribution in [3.63, 3.8) is 0 Å². The molecule has 0 aliphatic heterocycles.